The topological polar surface area (TPSA) is 57.3 Å². The average Bonchev–Trinajstić information content (AvgIpc) is 2.97. The van der Waals surface area contributed by atoms with E-state index in [4.69, 9.17) is 0 Å². The molecular formula is C16H26N4O. The van der Waals surface area contributed by atoms with Gasteiger partial charge >= 0.3 is 0 Å². The number of hydrogen-bond donors (Lipinski definition) is 2. The maximum Gasteiger partial charge on any atom is 0.270 e. The van der Waals surface area contributed by atoms with Crippen molar-refractivity contribution in [2.75, 3.05) is 32.5 Å². The summed E-state index contributed by atoms with van der Waals surface area (Å²) in [4.78, 5) is 18.5. The Kier molecular flexibility index (Phi) is 5.99. The van der Waals surface area contributed by atoms with Crippen LogP contribution in [0, 0.1) is 0 Å². The summed E-state index contributed by atoms with van der Waals surface area (Å²) in [6.07, 6.45) is 7.44. The molecule has 1 heterocycles. The van der Waals surface area contributed by atoms with Gasteiger partial charge in [-0.05, 0) is 52.0 Å². The fourth-order valence-corrected chi connectivity index (χ4v) is 2.59. The number of hydrogen-bond acceptors (Lipinski definition) is 4. The molecule has 116 valence electrons. The van der Waals surface area contributed by atoms with Crippen LogP contribution in [0.3, 0.4) is 0 Å². The van der Waals surface area contributed by atoms with Gasteiger partial charge in [-0.3, -0.25) is 4.79 Å². The smallest absolute Gasteiger partial charge is 0.270 e. The van der Waals surface area contributed by atoms with Gasteiger partial charge in [0.2, 0.25) is 0 Å². The zero-order valence-corrected chi connectivity index (χ0v) is 13.1. The van der Waals surface area contributed by atoms with Gasteiger partial charge in [0.05, 0.1) is 11.9 Å². The molecule has 1 aromatic heterocycles. The van der Waals surface area contributed by atoms with Crippen LogP contribution in [-0.4, -0.2) is 49.0 Å². The summed E-state index contributed by atoms with van der Waals surface area (Å²) in [6, 6.07) is 4.05. The Morgan fingerprint density at radius 3 is 2.71 bits per heavy atom. The summed E-state index contributed by atoms with van der Waals surface area (Å²) in [7, 11) is 4.14. The second-order valence-electron chi connectivity index (χ2n) is 5.97. The third-order valence-corrected chi connectivity index (χ3v) is 3.80. The zero-order valence-electron chi connectivity index (χ0n) is 13.1. The van der Waals surface area contributed by atoms with Crippen LogP contribution in [-0.2, 0) is 0 Å². The summed E-state index contributed by atoms with van der Waals surface area (Å²) >= 11 is 0. The molecule has 5 heteroatoms. The minimum Gasteiger partial charge on any atom is -0.384 e. The molecule has 5 nitrogen and oxygen atoms in total. The van der Waals surface area contributed by atoms with Crippen LogP contribution in [0.5, 0.6) is 0 Å². The summed E-state index contributed by atoms with van der Waals surface area (Å²) < 4.78 is 0. The number of nitrogens with one attached hydrogen (secondary N) is 2. The number of amides is 1. The molecule has 21 heavy (non-hydrogen) atoms. The van der Waals surface area contributed by atoms with Gasteiger partial charge in [0.25, 0.3) is 5.91 Å². The number of anilines is 1. The fourth-order valence-electron chi connectivity index (χ4n) is 2.59. The molecule has 0 unspecified atom stereocenters. The minimum absolute atomic E-state index is 0.0546. The Balaban J connectivity index is 1.76. The Labute approximate surface area is 127 Å². The first kappa shape index (κ1) is 15.8. The highest BCUT2D eigenvalue weighted by Crippen LogP contribution is 2.18. The summed E-state index contributed by atoms with van der Waals surface area (Å²) in [5, 5.41) is 6.37. The lowest BCUT2D eigenvalue weighted by Gasteiger charge is -2.12. The van der Waals surface area contributed by atoms with Crippen molar-refractivity contribution >= 4 is 11.6 Å². The van der Waals surface area contributed by atoms with Crippen molar-refractivity contribution in [1.82, 2.24) is 15.2 Å². The molecule has 0 saturated heterocycles. The van der Waals surface area contributed by atoms with Crippen LogP contribution in [0.25, 0.3) is 0 Å². The Hall–Kier alpha value is -1.62. The van der Waals surface area contributed by atoms with Gasteiger partial charge in [0, 0.05) is 12.6 Å². The molecule has 1 aromatic rings. The number of nitrogens with zero attached hydrogens (tertiary/aromatic N) is 2. The number of pyridine rings is 1. The van der Waals surface area contributed by atoms with E-state index in [9.17, 15) is 4.79 Å². The molecule has 1 amide bonds. The Morgan fingerprint density at radius 2 is 2.10 bits per heavy atom. The predicted molar refractivity (Wildman–Crippen MR) is 85.6 cm³/mol. The van der Waals surface area contributed by atoms with Crippen molar-refractivity contribution in [2.45, 2.75) is 38.1 Å². The molecule has 1 saturated carbocycles. The maximum absolute atomic E-state index is 12.0. The first-order valence-corrected chi connectivity index (χ1v) is 7.80. The van der Waals surface area contributed by atoms with Gasteiger partial charge in [-0.1, -0.05) is 12.8 Å². The largest absolute Gasteiger partial charge is 0.384 e. The van der Waals surface area contributed by atoms with E-state index in [1.54, 1.807) is 12.3 Å². The molecule has 0 atom stereocenters. The van der Waals surface area contributed by atoms with E-state index in [-0.39, 0.29) is 5.91 Å². The predicted octanol–water partition coefficient (Wildman–Crippen LogP) is 2.12. The zero-order chi connectivity index (χ0) is 15.1. The van der Waals surface area contributed by atoms with E-state index in [0.717, 1.165) is 38.0 Å². The highest BCUT2D eigenvalue weighted by molar-refractivity contribution is 5.92. The molecule has 2 rings (SSSR count). The van der Waals surface area contributed by atoms with E-state index in [1.165, 1.54) is 12.8 Å². The molecule has 1 fully saturated rings. The lowest BCUT2D eigenvalue weighted by atomic mass is 10.2. The molecule has 0 aromatic carbocycles. The van der Waals surface area contributed by atoms with Crippen molar-refractivity contribution in [2.24, 2.45) is 0 Å². The number of rotatable bonds is 7. The van der Waals surface area contributed by atoms with Crippen LogP contribution in [0.1, 0.15) is 42.6 Å². The van der Waals surface area contributed by atoms with Gasteiger partial charge < -0.3 is 15.5 Å². The standard InChI is InChI=1S/C16H26N4O/c1-20(2)11-5-10-17-14-8-9-15(18-12-14)16(21)19-13-6-3-4-7-13/h8-9,12-13,17H,3-7,10-11H2,1-2H3,(H,19,21). The molecular weight excluding hydrogens is 264 g/mol. The van der Waals surface area contributed by atoms with Crippen molar-refractivity contribution in [3.05, 3.63) is 24.0 Å². The highest BCUT2D eigenvalue weighted by atomic mass is 16.1. The quantitative estimate of drug-likeness (QED) is 0.755. The van der Waals surface area contributed by atoms with E-state index in [1.807, 2.05) is 6.07 Å². The first-order valence-electron chi connectivity index (χ1n) is 7.80. The Bertz CT molecular complexity index is 438. The Morgan fingerprint density at radius 1 is 1.33 bits per heavy atom. The molecule has 2 N–H and O–H groups in total. The van der Waals surface area contributed by atoms with Crippen molar-refractivity contribution < 1.29 is 4.79 Å². The van der Waals surface area contributed by atoms with Gasteiger partial charge in [0.15, 0.2) is 0 Å². The number of aromatic nitrogens is 1. The molecule has 0 radical (unpaired) electrons. The summed E-state index contributed by atoms with van der Waals surface area (Å²) in [5.41, 5.74) is 1.46. The summed E-state index contributed by atoms with van der Waals surface area (Å²) in [6.45, 7) is 1.97. The monoisotopic (exact) mass is 290 g/mol. The van der Waals surface area contributed by atoms with Gasteiger partial charge in [-0.2, -0.15) is 0 Å². The van der Waals surface area contributed by atoms with Crippen LogP contribution in [0.2, 0.25) is 0 Å². The lowest BCUT2D eigenvalue weighted by Crippen LogP contribution is -2.33. The minimum atomic E-state index is -0.0546. The van der Waals surface area contributed by atoms with Gasteiger partial charge in [0.1, 0.15) is 5.69 Å². The van der Waals surface area contributed by atoms with Gasteiger partial charge in [-0.25, -0.2) is 4.98 Å². The lowest BCUT2D eigenvalue weighted by molar-refractivity contribution is 0.0933. The maximum atomic E-state index is 12.0. The number of carbonyl (C=O) groups excluding carboxylic acids is 1. The van der Waals surface area contributed by atoms with Crippen LogP contribution >= 0.6 is 0 Å². The fraction of sp³-hybridized carbons (Fsp3) is 0.625. The second kappa shape index (κ2) is 7.98. The average molecular weight is 290 g/mol. The normalized spacial score (nSPS) is 15.4. The third kappa shape index (κ3) is 5.34. The van der Waals surface area contributed by atoms with E-state index in [2.05, 4.69) is 34.6 Å². The second-order valence-corrected chi connectivity index (χ2v) is 5.97. The van der Waals surface area contributed by atoms with Crippen LogP contribution in [0.4, 0.5) is 5.69 Å². The van der Waals surface area contributed by atoms with Crippen molar-refractivity contribution in [3.8, 4) is 0 Å². The van der Waals surface area contributed by atoms with Crippen molar-refractivity contribution in [1.29, 1.82) is 0 Å². The molecule has 0 aliphatic heterocycles. The van der Waals surface area contributed by atoms with Crippen molar-refractivity contribution in [3.63, 3.8) is 0 Å². The molecule has 0 spiro atoms. The highest BCUT2D eigenvalue weighted by Gasteiger charge is 2.18. The van der Waals surface area contributed by atoms with Crippen LogP contribution < -0.4 is 10.6 Å². The first-order chi connectivity index (χ1) is 10.1. The van der Waals surface area contributed by atoms with E-state index in [0.29, 0.717) is 11.7 Å². The van der Waals surface area contributed by atoms with Gasteiger partial charge in [-0.15, -0.1) is 0 Å². The number of carbonyl (C=O) groups is 1. The SMILES string of the molecule is CN(C)CCCNc1ccc(C(=O)NC2CCCC2)nc1. The molecule has 0 bridgehead atoms. The third-order valence-electron chi connectivity index (χ3n) is 3.80. The van der Waals surface area contributed by atoms with E-state index < -0.39 is 0 Å². The van der Waals surface area contributed by atoms with E-state index >= 15 is 0 Å². The summed E-state index contributed by atoms with van der Waals surface area (Å²) in [5.74, 6) is -0.0546. The molecule has 1 aliphatic rings. The molecule has 1 aliphatic carbocycles. The van der Waals surface area contributed by atoms with Crippen LogP contribution in [0.15, 0.2) is 18.3 Å².